The van der Waals surface area contributed by atoms with Crippen LogP contribution in [0.25, 0.3) is 0 Å². The van der Waals surface area contributed by atoms with Crippen LogP contribution in [0.3, 0.4) is 0 Å². The lowest BCUT2D eigenvalue weighted by Gasteiger charge is -2.18. The fraction of sp³-hybridized carbons (Fsp3) is 0.538. The smallest absolute Gasteiger partial charge is 0.142 e. The molecule has 1 aromatic carbocycles. The minimum atomic E-state index is -0.411. The maximum Gasteiger partial charge on any atom is 0.142 e. The summed E-state index contributed by atoms with van der Waals surface area (Å²) in [5, 5.41) is 0.133. The zero-order valence-corrected chi connectivity index (χ0v) is 10.9. The van der Waals surface area contributed by atoms with Gasteiger partial charge in [0.05, 0.1) is 11.1 Å². The van der Waals surface area contributed by atoms with Gasteiger partial charge in [0, 0.05) is 12.6 Å². The quantitative estimate of drug-likeness (QED) is 0.640. The molecule has 18 heavy (non-hydrogen) atoms. The van der Waals surface area contributed by atoms with Gasteiger partial charge in [-0.1, -0.05) is 17.7 Å². The van der Waals surface area contributed by atoms with Gasteiger partial charge >= 0.3 is 0 Å². The predicted octanol–water partition coefficient (Wildman–Crippen LogP) is 2.94. The number of benzene rings is 1. The van der Waals surface area contributed by atoms with Crippen LogP contribution in [0.4, 0.5) is 4.39 Å². The molecule has 5 heteroatoms. The van der Waals surface area contributed by atoms with Gasteiger partial charge in [-0.2, -0.15) is 0 Å². The Morgan fingerprint density at radius 2 is 2.39 bits per heavy atom. The second kappa shape index (κ2) is 6.48. The third kappa shape index (κ3) is 3.42. The average Bonchev–Trinajstić information content (AvgIpc) is 2.87. The molecule has 3 nitrogen and oxygen atoms in total. The number of halogens is 2. The summed E-state index contributed by atoms with van der Waals surface area (Å²) in [7, 11) is 0. The highest BCUT2D eigenvalue weighted by Crippen LogP contribution is 2.25. The summed E-state index contributed by atoms with van der Waals surface area (Å²) in [6.07, 6.45) is 4.30. The molecule has 1 heterocycles. The molecule has 100 valence electrons. The summed E-state index contributed by atoms with van der Waals surface area (Å²) in [5.74, 6) is 5.12. The number of nitrogens with two attached hydrogens (primary N) is 1. The van der Waals surface area contributed by atoms with Gasteiger partial charge in [-0.25, -0.2) is 4.39 Å². The molecule has 0 amide bonds. The van der Waals surface area contributed by atoms with Crippen molar-refractivity contribution in [1.82, 2.24) is 5.43 Å². The van der Waals surface area contributed by atoms with Gasteiger partial charge in [-0.05, 0) is 43.4 Å². The lowest BCUT2D eigenvalue weighted by Crippen LogP contribution is -2.29. The van der Waals surface area contributed by atoms with Crippen molar-refractivity contribution < 1.29 is 9.13 Å². The Balaban J connectivity index is 1.96. The summed E-state index contributed by atoms with van der Waals surface area (Å²) < 4.78 is 19.0. The number of hydrogen-bond acceptors (Lipinski definition) is 3. The first-order valence-electron chi connectivity index (χ1n) is 6.23. The summed E-state index contributed by atoms with van der Waals surface area (Å²) in [6.45, 7) is 0.848. The van der Waals surface area contributed by atoms with E-state index in [4.69, 9.17) is 22.2 Å². The summed E-state index contributed by atoms with van der Waals surface area (Å²) in [4.78, 5) is 0. The van der Waals surface area contributed by atoms with E-state index in [2.05, 4.69) is 5.43 Å². The molecule has 2 rings (SSSR count). The highest BCUT2D eigenvalue weighted by Gasteiger charge is 2.18. The molecule has 0 saturated carbocycles. The highest BCUT2D eigenvalue weighted by molar-refractivity contribution is 6.30. The first kappa shape index (κ1) is 13.7. The number of ether oxygens (including phenoxy) is 1. The molecule has 0 aromatic heterocycles. The summed E-state index contributed by atoms with van der Waals surface area (Å²) >= 11 is 5.66. The zero-order valence-electron chi connectivity index (χ0n) is 10.2. The van der Waals surface area contributed by atoms with E-state index in [9.17, 15) is 4.39 Å². The maximum atomic E-state index is 13.4. The van der Waals surface area contributed by atoms with Crippen LogP contribution in [-0.4, -0.2) is 12.7 Å². The van der Waals surface area contributed by atoms with Crippen molar-refractivity contribution in [3.05, 3.63) is 34.6 Å². The normalized spacial score (nSPS) is 21.2. The second-order valence-electron chi connectivity index (χ2n) is 4.61. The molecule has 0 aliphatic carbocycles. The highest BCUT2D eigenvalue weighted by atomic mass is 35.5. The van der Waals surface area contributed by atoms with Gasteiger partial charge in [0.25, 0.3) is 0 Å². The molecule has 2 unspecified atom stereocenters. The van der Waals surface area contributed by atoms with Crippen LogP contribution < -0.4 is 11.3 Å². The van der Waals surface area contributed by atoms with Gasteiger partial charge in [-0.15, -0.1) is 0 Å². The van der Waals surface area contributed by atoms with Gasteiger partial charge in [0.1, 0.15) is 5.82 Å². The topological polar surface area (TPSA) is 47.3 Å². The molecule has 1 fully saturated rings. The first-order valence-corrected chi connectivity index (χ1v) is 6.61. The average molecular weight is 273 g/mol. The van der Waals surface area contributed by atoms with Crippen molar-refractivity contribution in [2.24, 2.45) is 5.84 Å². The van der Waals surface area contributed by atoms with E-state index in [1.165, 1.54) is 6.07 Å². The summed E-state index contributed by atoms with van der Waals surface area (Å²) in [6, 6.07) is 4.72. The maximum absolute atomic E-state index is 13.4. The van der Waals surface area contributed by atoms with Gasteiger partial charge in [0.2, 0.25) is 0 Å². The van der Waals surface area contributed by atoms with Crippen LogP contribution in [0.2, 0.25) is 5.02 Å². The molecule has 3 N–H and O–H groups in total. The molecular formula is C13H18ClFN2O. The van der Waals surface area contributed by atoms with Crippen LogP contribution in [0.5, 0.6) is 0 Å². The molecule has 1 saturated heterocycles. The third-order valence-electron chi connectivity index (χ3n) is 3.35. The molecule has 0 bridgehead atoms. The van der Waals surface area contributed by atoms with Crippen LogP contribution in [-0.2, 0) is 4.74 Å². The molecule has 0 radical (unpaired) electrons. The SMILES string of the molecule is NNC(CCC1CCCO1)c1ccc(Cl)c(F)c1. The Kier molecular flexibility index (Phi) is 4.95. The Hall–Kier alpha value is -0.680. The van der Waals surface area contributed by atoms with E-state index in [-0.39, 0.29) is 11.1 Å². The number of hydrogen-bond donors (Lipinski definition) is 2. The fourth-order valence-electron chi connectivity index (χ4n) is 2.30. The number of nitrogens with one attached hydrogen (secondary N) is 1. The Bertz CT molecular complexity index is 397. The van der Waals surface area contributed by atoms with Gasteiger partial charge in [0.15, 0.2) is 0 Å². The van der Waals surface area contributed by atoms with Crippen molar-refractivity contribution >= 4 is 11.6 Å². The van der Waals surface area contributed by atoms with E-state index in [0.29, 0.717) is 6.10 Å². The van der Waals surface area contributed by atoms with Crippen molar-refractivity contribution in [3.8, 4) is 0 Å². The summed E-state index contributed by atoms with van der Waals surface area (Å²) in [5.41, 5.74) is 3.54. The van der Waals surface area contributed by atoms with Crippen LogP contribution in [0.15, 0.2) is 18.2 Å². The van der Waals surface area contributed by atoms with Crippen LogP contribution in [0, 0.1) is 5.82 Å². The second-order valence-corrected chi connectivity index (χ2v) is 5.01. The minimum absolute atomic E-state index is 0.0685. The Morgan fingerprint density at radius 1 is 1.56 bits per heavy atom. The lowest BCUT2D eigenvalue weighted by molar-refractivity contribution is 0.0996. The molecule has 2 atom stereocenters. The van der Waals surface area contributed by atoms with E-state index in [0.717, 1.165) is 37.9 Å². The monoisotopic (exact) mass is 272 g/mol. The van der Waals surface area contributed by atoms with Crippen LogP contribution >= 0.6 is 11.6 Å². The Morgan fingerprint density at radius 3 is 3.00 bits per heavy atom. The van der Waals surface area contributed by atoms with Crippen molar-refractivity contribution in [2.75, 3.05) is 6.61 Å². The molecule has 0 spiro atoms. The standard InChI is InChI=1S/C13H18ClFN2O/c14-11-5-3-9(8-12(11)15)13(17-16)6-4-10-2-1-7-18-10/h3,5,8,10,13,17H,1-2,4,6-7,16H2. The predicted molar refractivity (Wildman–Crippen MR) is 69.7 cm³/mol. The van der Waals surface area contributed by atoms with Crippen molar-refractivity contribution in [2.45, 2.75) is 37.8 Å². The first-order chi connectivity index (χ1) is 8.70. The lowest BCUT2D eigenvalue weighted by atomic mass is 10.00. The molecular weight excluding hydrogens is 255 g/mol. The largest absolute Gasteiger partial charge is 0.378 e. The minimum Gasteiger partial charge on any atom is -0.378 e. The van der Waals surface area contributed by atoms with Gasteiger partial charge in [-0.3, -0.25) is 11.3 Å². The number of hydrazine groups is 1. The van der Waals surface area contributed by atoms with Gasteiger partial charge < -0.3 is 4.74 Å². The fourth-order valence-corrected chi connectivity index (χ4v) is 2.42. The van der Waals surface area contributed by atoms with Crippen molar-refractivity contribution in [1.29, 1.82) is 0 Å². The van der Waals surface area contributed by atoms with E-state index < -0.39 is 5.82 Å². The molecule has 1 aliphatic heterocycles. The van der Waals surface area contributed by atoms with E-state index in [1.807, 2.05) is 0 Å². The third-order valence-corrected chi connectivity index (χ3v) is 3.66. The molecule has 1 aliphatic rings. The Labute approximate surface area is 111 Å². The van der Waals surface area contributed by atoms with Crippen LogP contribution in [0.1, 0.15) is 37.3 Å². The van der Waals surface area contributed by atoms with E-state index in [1.54, 1.807) is 12.1 Å². The van der Waals surface area contributed by atoms with E-state index >= 15 is 0 Å². The van der Waals surface area contributed by atoms with Crippen molar-refractivity contribution in [3.63, 3.8) is 0 Å². The zero-order chi connectivity index (χ0) is 13.0. The number of rotatable bonds is 5. The molecule has 1 aromatic rings.